The Kier molecular flexibility index (Phi) is 6.55. The molecule has 2 heterocycles. The number of hydrogen-bond donors (Lipinski definition) is 4. The summed E-state index contributed by atoms with van der Waals surface area (Å²) in [6, 6.07) is 13.0. The van der Waals surface area contributed by atoms with E-state index >= 15 is 0 Å². The molecule has 172 valence electrons. The van der Waals surface area contributed by atoms with Gasteiger partial charge in [0.1, 0.15) is 0 Å². The number of urea groups is 1. The van der Waals surface area contributed by atoms with Crippen LogP contribution in [0.25, 0.3) is 22.0 Å². The van der Waals surface area contributed by atoms with E-state index in [4.69, 9.17) is 16.3 Å². The van der Waals surface area contributed by atoms with Crippen molar-refractivity contribution >= 4 is 40.4 Å². The number of hydrazine groups is 1. The number of carbonyl (C=O) groups excluding carboxylic acids is 2. The van der Waals surface area contributed by atoms with Gasteiger partial charge >= 0.3 is 12.0 Å². The maximum Gasteiger partial charge on any atom is 0.321 e. The number of benzene rings is 2. The molecular weight excluding hydrogens is 422 g/mol. The van der Waals surface area contributed by atoms with E-state index in [-0.39, 0.29) is 23.9 Å². The zero-order chi connectivity index (χ0) is 23.4. The van der Waals surface area contributed by atoms with E-state index in [9.17, 15) is 9.59 Å². The van der Waals surface area contributed by atoms with Gasteiger partial charge in [-0.3, -0.25) is 4.79 Å². The molecule has 1 aromatic heterocycles. The fourth-order valence-corrected chi connectivity index (χ4v) is 4.00. The van der Waals surface area contributed by atoms with Crippen molar-refractivity contribution in [1.29, 1.82) is 0 Å². The molecule has 10 heteroatoms. The number of amides is 2. The fourth-order valence-electron chi connectivity index (χ4n) is 4.00. The summed E-state index contributed by atoms with van der Waals surface area (Å²) in [5.41, 5.74) is 11.5. The number of anilines is 3. The van der Waals surface area contributed by atoms with E-state index in [1.165, 1.54) is 0 Å². The highest BCUT2D eigenvalue weighted by Crippen LogP contribution is 2.28. The SMILES string of the molecule is CCOC(=O)C1CCCN(C(=O)Nc2ccc(-c3ccc4nc(N)nc(NN)c4c3)cc2)C1. The predicted octanol–water partition coefficient (Wildman–Crippen LogP) is 2.97. The Labute approximate surface area is 191 Å². The number of piperidine rings is 1. The molecule has 0 spiro atoms. The number of aromatic nitrogens is 2. The average molecular weight is 450 g/mol. The molecule has 2 aromatic carbocycles. The molecule has 3 aromatic rings. The van der Waals surface area contributed by atoms with Crippen LogP contribution in [0.1, 0.15) is 19.8 Å². The third-order valence-corrected chi connectivity index (χ3v) is 5.65. The Morgan fingerprint density at radius 1 is 1.15 bits per heavy atom. The first-order chi connectivity index (χ1) is 16.0. The first-order valence-corrected chi connectivity index (χ1v) is 10.9. The number of esters is 1. The first kappa shape index (κ1) is 22.3. The lowest BCUT2D eigenvalue weighted by atomic mass is 9.98. The molecule has 1 aliphatic rings. The van der Waals surface area contributed by atoms with Crippen molar-refractivity contribution in [1.82, 2.24) is 14.9 Å². The topological polar surface area (TPSA) is 148 Å². The molecule has 0 radical (unpaired) electrons. The van der Waals surface area contributed by atoms with Crippen LogP contribution in [-0.2, 0) is 9.53 Å². The predicted molar refractivity (Wildman–Crippen MR) is 127 cm³/mol. The molecule has 1 atom stereocenters. The molecule has 1 saturated heterocycles. The summed E-state index contributed by atoms with van der Waals surface area (Å²) in [5.74, 6) is 5.66. The summed E-state index contributed by atoms with van der Waals surface area (Å²) in [4.78, 5) is 34.8. The van der Waals surface area contributed by atoms with Crippen molar-refractivity contribution in [3.8, 4) is 11.1 Å². The van der Waals surface area contributed by atoms with Gasteiger partial charge < -0.3 is 26.1 Å². The molecule has 1 unspecified atom stereocenters. The fraction of sp³-hybridized carbons (Fsp3) is 0.304. The summed E-state index contributed by atoms with van der Waals surface area (Å²) in [6.45, 7) is 3.10. The zero-order valence-electron chi connectivity index (χ0n) is 18.4. The Hall–Kier alpha value is -3.92. The van der Waals surface area contributed by atoms with E-state index in [0.717, 1.165) is 29.4 Å². The maximum absolute atomic E-state index is 12.7. The number of nitrogens with two attached hydrogens (primary N) is 2. The van der Waals surface area contributed by atoms with Gasteiger partial charge in [-0.05, 0) is 55.2 Å². The number of likely N-dealkylation sites (tertiary alicyclic amines) is 1. The minimum absolute atomic E-state index is 0.144. The van der Waals surface area contributed by atoms with Crippen LogP contribution in [0, 0.1) is 5.92 Å². The summed E-state index contributed by atoms with van der Waals surface area (Å²) >= 11 is 0. The summed E-state index contributed by atoms with van der Waals surface area (Å²) < 4.78 is 5.11. The van der Waals surface area contributed by atoms with Gasteiger partial charge in [-0.1, -0.05) is 18.2 Å². The molecule has 1 aliphatic heterocycles. The quantitative estimate of drug-likeness (QED) is 0.264. The number of nitrogens with one attached hydrogen (secondary N) is 2. The molecule has 10 nitrogen and oxygen atoms in total. The van der Waals surface area contributed by atoms with Gasteiger partial charge in [0.2, 0.25) is 5.95 Å². The van der Waals surface area contributed by atoms with Crippen molar-refractivity contribution in [2.45, 2.75) is 19.8 Å². The number of carbonyl (C=O) groups is 2. The maximum atomic E-state index is 12.7. The molecule has 2 amide bonds. The lowest BCUT2D eigenvalue weighted by Crippen LogP contribution is -2.44. The molecule has 0 bridgehead atoms. The van der Waals surface area contributed by atoms with Crippen LogP contribution in [0.3, 0.4) is 0 Å². The molecule has 0 saturated carbocycles. The van der Waals surface area contributed by atoms with Gasteiger partial charge in [-0.15, -0.1) is 0 Å². The highest BCUT2D eigenvalue weighted by atomic mass is 16.5. The van der Waals surface area contributed by atoms with Crippen molar-refractivity contribution < 1.29 is 14.3 Å². The van der Waals surface area contributed by atoms with Gasteiger partial charge in [0, 0.05) is 24.2 Å². The van der Waals surface area contributed by atoms with E-state index in [0.29, 0.717) is 36.7 Å². The van der Waals surface area contributed by atoms with Crippen molar-refractivity contribution in [3.05, 3.63) is 42.5 Å². The van der Waals surface area contributed by atoms with Gasteiger partial charge in [0.05, 0.1) is 18.0 Å². The van der Waals surface area contributed by atoms with Crippen LogP contribution >= 0.6 is 0 Å². The third-order valence-electron chi connectivity index (χ3n) is 5.65. The summed E-state index contributed by atoms with van der Waals surface area (Å²) in [6.07, 6.45) is 1.51. The van der Waals surface area contributed by atoms with Crippen LogP contribution in [-0.4, -0.2) is 46.6 Å². The van der Waals surface area contributed by atoms with Gasteiger partial charge in [0.25, 0.3) is 0 Å². The average Bonchev–Trinajstić information content (AvgIpc) is 2.84. The number of hydrogen-bond acceptors (Lipinski definition) is 8. The highest BCUT2D eigenvalue weighted by Gasteiger charge is 2.29. The first-order valence-electron chi connectivity index (χ1n) is 10.9. The number of rotatable bonds is 5. The molecular formula is C23H27N7O3. The summed E-state index contributed by atoms with van der Waals surface area (Å²) in [5, 5.41) is 3.66. The number of ether oxygens (including phenoxy) is 1. The van der Waals surface area contributed by atoms with Gasteiger partial charge in [-0.25, -0.2) is 15.6 Å². The molecule has 1 fully saturated rings. The second-order valence-electron chi connectivity index (χ2n) is 7.85. The second kappa shape index (κ2) is 9.70. The Morgan fingerprint density at radius 2 is 1.91 bits per heavy atom. The summed E-state index contributed by atoms with van der Waals surface area (Å²) in [7, 11) is 0. The van der Waals surface area contributed by atoms with E-state index < -0.39 is 0 Å². The van der Waals surface area contributed by atoms with Gasteiger partial charge in [-0.2, -0.15) is 4.98 Å². The zero-order valence-corrected chi connectivity index (χ0v) is 18.4. The highest BCUT2D eigenvalue weighted by molar-refractivity contribution is 5.94. The number of fused-ring (bicyclic) bond motifs is 1. The molecule has 0 aliphatic carbocycles. The van der Waals surface area contributed by atoms with Gasteiger partial charge in [0.15, 0.2) is 5.82 Å². The lowest BCUT2D eigenvalue weighted by Gasteiger charge is -2.31. The monoisotopic (exact) mass is 449 g/mol. The molecule has 4 rings (SSSR count). The van der Waals surface area contributed by atoms with Crippen LogP contribution in [0.5, 0.6) is 0 Å². The Morgan fingerprint density at radius 3 is 2.64 bits per heavy atom. The smallest absolute Gasteiger partial charge is 0.321 e. The molecule has 6 N–H and O–H groups in total. The van der Waals surface area contributed by atoms with E-state index in [1.807, 2.05) is 42.5 Å². The number of nitrogen functional groups attached to an aromatic ring is 2. The number of nitrogens with zero attached hydrogens (tertiary/aromatic N) is 3. The standard InChI is InChI=1S/C23H27N7O3/c1-2-33-21(31)16-4-3-11-30(13-16)23(32)26-17-8-5-14(6-9-17)15-7-10-19-18(12-15)20(29-25)28-22(24)27-19/h5-10,12,16H,2-4,11,13,25H2,1H3,(H,26,32)(H3,24,27,28,29). The minimum Gasteiger partial charge on any atom is -0.466 e. The van der Waals surface area contributed by atoms with Crippen LogP contribution in [0.4, 0.5) is 22.2 Å². The van der Waals surface area contributed by atoms with Crippen molar-refractivity contribution in [2.75, 3.05) is 36.2 Å². The second-order valence-corrected chi connectivity index (χ2v) is 7.85. The van der Waals surface area contributed by atoms with Crippen molar-refractivity contribution in [3.63, 3.8) is 0 Å². The molecule has 33 heavy (non-hydrogen) atoms. The lowest BCUT2D eigenvalue weighted by molar-refractivity contribution is -0.149. The van der Waals surface area contributed by atoms with E-state index in [2.05, 4.69) is 20.7 Å². The normalized spacial score (nSPS) is 15.8. The largest absolute Gasteiger partial charge is 0.466 e. The van der Waals surface area contributed by atoms with Crippen LogP contribution in [0.2, 0.25) is 0 Å². The third kappa shape index (κ3) is 4.96. The Balaban J connectivity index is 1.46. The minimum atomic E-state index is -0.271. The van der Waals surface area contributed by atoms with Crippen LogP contribution < -0.4 is 22.3 Å². The Bertz CT molecular complexity index is 1170. The van der Waals surface area contributed by atoms with E-state index in [1.54, 1.807) is 11.8 Å². The van der Waals surface area contributed by atoms with Crippen LogP contribution in [0.15, 0.2) is 42.5 Å². The van der Waals surface area contributed by atoms with Crippen molar-refractivity contribution in [2.24, 2.45) is 11.8 Å².